The molecular formula is C24H34N4O4. The minimum atomic E-state index is -0.0827. The summed E-state index contributed by atoms with van der Waals surface area (Å²) in [6.07, 6.45) is 8.43. The van der Waals surface area contributed by atoms with Gasteiger partial charge in [-0.2, -0.15) is 0 Å². The lowest BCUT2D eigenvalue weighted by atomic mass is 9.84. The Labute approximate surface area is 188 Å². The average molecular weight is 443 g/mol. The number of carbonyl (C=O) groups excluding carboxylic acids is 2. The van der Waals surface area contributed by atoms with Gasteiger partial charge in [-0.05, 0) is 44.9 Å². The van der Waals surface area contributed by atoms with Gasteiger partial charge >= 0.3 is 0 Å². The molecule has 0 spiro atoms. The van der Waals surface area contributed by atoms with Crippen LogP contribution in [0.5, 0.6) is 0 Å². The molecule has 0 unspecified atom stereocenters. The topological polar surface area (TPSA) is 95.6 Å². The lowest BCUT2D eigenvalue weighted by Gasteiger charge is -2.34. The first kappa shape index (κ1) is 21.6. The third-order valence-electron chi connectivity index (χ3n) is 8.05. The standard InChI is InChI=1S/C24H34N4O4/c1-32-18-7-3-6-16(12-18)24(31)27-10-8-17(13-27)21-25-20-14-28(23(30)15-4-2-5-15)11-9-19(20)22(29)26-21/h15-18H,2-14H2,1H3,(H,25,26,29)/t16-,17-,18+/m0/s1. The zero-order valence-corrected chi connectivity index (χ0v) is 19.0. The van der Waals surface area contributed by atoms with Gasteiger partial charge in [0.15, 0.2) is 0 Å². The first-order chi connectivity index (χ1) is 15.5. The SMILES string of the molecule is CO[C@@H]1CCC[C@H](C(=O)N2CC[C@H](c3nc4c(c(=O)[nH]3)CCN(C(=O)C3CCC3)C4)C2)C1. The molecule has 2 aliphatic heterocycles. The fourth-order valence-corrected chi connectivity index (χ4v) is 5.78. The lowest BCUT2D eigenvalue weighted by Crippen LogP contribution is -2.43. The van der Waals surface area contributed by atoms with Gasteiger partial charge in [0.2, 0.25) is 11.8 Å². The quantitative estimate of drug-likeness (QED) is 0.769. The number of rotatable bonds is 4. The van der Waals surface area contributed by atoms with Gasteiger partial charge in [0.25, 0.3) is 5.56 Å². The molecule has 3 fully saturated rings. The Balaban J connectivity index is 1.27. The summed E-state index contributed by atoms with van der Waals surface area (Å²) in [5, 5.41) is 0. The van der Waals surface area contributed by atoms with Crippen molar-refractivity contribution in [2.75, 3.05) is 26.7 Å². The molecule has 174 valence electrons. The predicted molar refractivity (Wildman–Crippen MR) is 118 cm³/mol. The van der Waals surface area contributed by atoms with Crippen LogP contribution in [0.2, 0.25) is 0 Å². The van der Waals surface area contributed by atoms with Gasteiger partial charge in [-0.25, -0.2) is 4.98 Å². The second-order valence-electron chi connectivity index (χ2n) is 10.0. The zero-order chi connectivity index (χ0) is 22.2. The van der Waals surface area contributed by atoms with Gasteiger partial charge in [-0.15, -0.1) is 0 Å². The maximum Gasteiger partial charge on any atom is 0.254 e. The van der Waals surface area contributed by atoms with Crippen LogP contribution in [0, 0.1) is 11.8 Å². The molecule has 1 N–H and O–H groups in total. The summed E-state index contributed by atoms with van der Waals surface area (Å²) in [5.41, 5.74) is 1.37. The zero-order valence-electron chi connectivity index (χ0n) is 19.0. The van der Waals surface area contributed by atoms with Crippen LogP contribution >= 0.6 is 0 Å². The molecule has 8 nitrogen and oxygen atoms in total. The van der Waals surface area contributed by atoms with E-state index < -0.39 is 0 Å². The van der Waals surface area contributed by atoms with E-state index in [0.717, 1.165) is 57.1 Å². The van der Waals surface area contributed by atoms with E-state index >= 15 is 0 Å². The molecule has 1 aromatic rings. The Morgan fingerprint density at radius 1 is 1.00 bits per heavy atom. The van der Waals surface area contributed by atoms with E-state index in [1.807, 2.05) is 9.80 Å². The van der Waals surface area contributed by atoms with E-state index in [9.17, 15) is 14.4 Å². The number of likely N-dealkylation sites (tertiary alicyclic amines) is 1. The number of nitrogens with one attached hydrogen (secondary N) is 1. The number of amides is 2. The molecule has 32 heavy (non-hydrogen) atoms. The first-order valence-electron chi connectivity index (χ1n) is 12.3. The van der Waals surface area contributed by atoms with E-state index in [-0.39, 0.29) is 41.2 Å². The van der Waals surface area contributed by atoms with Crippen LogP contribution in [0.4, 0.5) is 0 Å². The van der Waals surface area contributed by atoms with E-state index in [1.165, 1.54) is 0 Å². The Kier molecular flexibility index (Phi) is 6.05. The van der Waals surface area contributed by atoms with E-state index in [0.29, 0.717) is 44.0 Å². The normalized spacial score (nSPS) is 28.3. The molecule has 0 radical (unpaired) electrons. The molecule has 3 heterocycles. The third-order valence-corrected chi connectivity index (χ3v) is 8.05. The molecular weight excluding hydrogens is 408 g/mol. The molecule has 0 aromatic carbocycles. The summed E-state index contributed by atoms with van der Waals surface area (Å²) >= 11 is 0. The molecule has 0 bridgehead atoms. The highest BCUT2D eigenvalue weighted by molar-refractivity contribution is 5.80. The molecule has 5 rings (SSSR count). The third kappa shape index (κ3) is 4.09. The Morgan fingerprint density at radius 2 is 1.75 bits per heavy atom. The maximum atomic E-state index is 13.1. The molecule has 1 saturated heterocycles. The number of hydrogen-bond donors (Lipinski definition) is 1. The van der Waals surface area contributed by atoms with Crippen molar-refractivity contribution >= 4 is 11.8 Å². The van der Waals surface area contributed by atoms with Crippen LogP contribution in [-0.4, -0.2) is 64.4 Å². The Morgan fingerprint density at radius 3 is 2.50 bits per heavy atom. The van der Waals surface area contributed by atoms with Crippen molar-refractivity contribution in [3.8, 4) is 0 Å². The summed E-state index contributed by atoms with van der Waals surface area (Å²) in [6.45, 7) is 2.32. The number of fused-ring (bicyclic) bond motifs is 1. The highest BCUT2D eigenvalue weighted by Crippen LogP contribution is 2.32. The molecule has 8 heteroatoms. The van der Waals surface area contributed by atoms with Crippen LogP contribution in [0.3, 0.4) is 0 Å². The molecule has 2 saturated carbocycles. The van der Waals surface area contributed by atoms with Crippen molar-refractivity contribution in [2.24, 2.45) is 11.8 Å². The van der Waals surface area contributed by atoms with Crippen LogP contribution in [0.25, 0.3) is 0 Å². The number of hydrogen-bond acceptors (Lipinski definition) is 5. The molecule has 4 aliphatic rings. The first-order valence-corrected chi connectivity index (χ1v) is 12.3. The van der Waals surface area contributed by atoms with E-state index in [2.05, 4.69) is 4.98 Å². The fraction of sp³-hybridized carbons (Fsp3) is 0.750. The van der Waals surface area contributed by atoms with Crippen molar-refractivity contribution in [2.45, 2.75) is 76.4 Å². The maximum absolute atomic E-state index is 13.1. The highest BCUT2D eigenvalue weighted by atomic mass is 16.5. The summed E-state index contributed by atoms with van der Waals surface area (Å²) in [6, 6.07) is 0. The summed E-state index contributed by atoms with van der Waals surface area (Å²) in [5.74, 6) is 1.33. The molecule has 2 aliphatic carbocycles. The minimum Gasteiger partial charge on any atom is -0.381 e. The van der Waals surface area contributed by atoms with Crippen molar-refractivity contribution in [1.29, 1.82) is 0 Å². The summed E-state index contributed by atoms with van der Waals surface area (Å²) in [4.78, 5) is 50.2. The fourth-order valence-electron chi connectivity index (χ4n) is 5.78. The van der Waals surface area contributed by atoms with Crippen LogP contribution in [0.1, 0.15) is 74.4 Å². The second-order valence-corrected chi connectivity index (χ2v) is 10.0. The van der Waals surface area contributed by atoms with Gasteiger partial charge in [-0.1, -0.05) is 12.8 Å². The van der Waals surface area contributed by atoms with Crippen molar-refractivity contribution in [3.63, 3.8) is 0 Å². The highest BCUT2D eigenvalue weighted by Gasteiger charge is 2.36. The lowest BCUT2D eigenvalue weighted by molar-refractivity contribution is -0.139. The second kappa shape index (κ2) is 8.96. The van der Waals surface area contributed by atoms with Crippen LogP contribution in [0.15, 0.2) is 4.79 Å². The Hall–Kier alpha value is -2.22. The Bertz CT molecular complexity index is 940. The number of methoxy groups -OCH3 is 1. The van der Waals surface area contributed by atoms with E-state index in [4.69, 9.17) is 9.72 Å². The summed E-state index contributed by atoms with van der Waals surface area (Å²) in [7, 11) is 1.72. The number of carbonyl (C=O) groups is 2. The van der Waals surface area contributed by atoms with Crippen LogP contribution < -0.4 is 5.56 Å². The van der Waals surface area contributed by atoms with Crippen molar-refractivity contribution in [1.82, 2.24) is 19.8 Å². The van der Waals surface area contributed by atoms with E-state index in [1.54, 1.807) is 7.11 Å². The number of aromatic amines is 1. The van der Waals surface area contributed by atoms with Crippen molar-refractivity contribution < 1.29 is 14.3 Å². The van der Waals surface area contributed by atoms with Crippen molar-refractivity contribution in [3.05, 3.63) is 27.4 Å². The molecule has 3 atom stereocenters. The van der Waals surface area contributed by atoms with Gasteiger partial charge in [0, 0.05) is 50.1 Å². The number of H-pyrrole nitrogens is 1. The average Bonchev–Trinajstić information content (AvgIpc) is 3.27. The van der Waals surface area contributed by atoms with Gasteiger partial charge in [-0.3, -0.25) is 14.4 Å². The van der Waals surface area contributed by atoms with Gasteiger partial charge in [0.1, 0.15) is 5.82 Å². The minimum absolute atomic E-state index is 0.0362. The largest absolute Gasteiger partial charge is 0.381 e. The van der Waals surface area contributed by atoms with Gasteiger partial charge in [0.05, 0.1) is 18.3 Å². The smallest absolute Gasteiger partial charge is 0.254 e. The number of ether oxygens (including phenoxy) is 1. The molecule has 2 amide bonds. The molecule has 1 aromatic heterocycles. The summed E-state index contributed by atoms with van der Waals surface area (Å²) < 4.78 is 5.49. The van der Waals surface area contributed by atoms with Crippen LogP contribution in [-0.2, 0) is 27.3 Å². The predicted octanol–water partition coefficient (Wildman–Crippen LogP) is 1.98. The number of nitrogens with zero attached hydrogens (tertiary/aromatic N) is 3. The number of aromatic nitrogens is 2. The monoisotopic (exact) mass is 442 g/mol. The van der Waals surface area contributed by atoms with Gasteiger partial charge < -0.3 is 19.5 Å².